The van der Waals surface area contributed by atoms with Crippen molar-refractivity contribution in [1.29, 1.82) is 5.26 Å². The predicted octanol–water partition coefficient (Wildman–Crippen LogP) is 1.83. The summed E-state index contributed by atoms with van der Waals surface area (Å²) in [7, 11) is 0. The van der Waals surface area contributed by atoms with E-state index in [4.69, 9.17) is 15.4 Å². The molecule has 2 aromatic rings. The zero-order chi connectivity index (χ0) is 19.1. The van der Waals surface area contributed by atoms with Gasteiger partial charge < -0.3 is 4.74 Å². The molecule has 1 heterocycles. The Kier molecular flexibility index (Phi) is 7.06. The Morgan fingerprint density at radius 3 is 2.77 bits per heavy atom. The van der Waals surface area contributed by atoms with Crippen LogP contribution in [0.25, 0.3) is 0 Å². The number of benzene rings is 1. The molecule has 1 aromatic heterocycles. The van der Waals surface area contributed by atoms with Crippen LogP contribution in [0.4, 0.5) is 0 Å². The summed E-state index contributed by atoms with van der Waals surface area (Å²) in [6, 6.07) is 8.86. The maximum Gasteiger partial charge on any atom is 0.338 e. The average Bonchev–Trinajstić information content (AvgIpc) is 3.03. The van der Waals surface area contributed by atoms with E-state index in [1.807, 2.05) is 24.4 Å². The van der Waals surface area contributed by atoms with Gasteiger partial charge in [0.1, 0.15) is 4.34 Å². The van der Waals surface area contributed by atoms with E-state index in [1.54, 1.807) is 29.5 Å². The number of nitrogens with two attached hydrogens (primary N) is 1. The minimum atomic E-state index is -1.07. The highest BCUT2D eigenvalue weighted by Gasteiger charge is 2.25. The van der Waals surface area contributed by atoms with Gasteiger partial charge in [-0.2, -0.15) is 5.26 Å². The van der Waals surface area contributed by atoms with E-state index in [0.717, 1.165) is 15.6 Å². The second-order valence-corrected chi connectivity index (χ2v) is 7.63. The summed E-state index contributed by atoms with van der Waals surface area (Å²) in [5.41, 5.74) is 2.33. The van der Waals surface area contributed by atoms with Crippen molar-refractivity contribution in [1.82, 2.24) is 4.98 Å². The van der Waals surface area contributed by atoms with E-state index < -0.39 is 24.3 Å². The number of nitrogens with zero attached hydrogens (tertiary/aromatic N) is 2. The lowest BCUT2D eigenvalue weighted by Gasteiger charge is -2.09. The molecule has 2 N–H and O–H groups in total. The lowest BCUT2D eigenvalue weighted by Crippen LogP contribution is -2.45. The van der Waals surface area contributed by atoms with Crippen LogP contribution in [0.2, 0.25) is 0 Å². The quantitative estimate of drug-likeness (QED) is 0.420. The third-order valence-electron chi connectivity index (χ3n) is 3.44. The molecule has 0 amide bonds. The third-order valence-corrected chi connectivity index (χ3v) is 5.63. The normalized spacial score (nSPS) is 11.4. The number of ketones is 1. The van der Waals surface area contributed by atoms with Crippen molar-refractivity contribution in [3.63, 3.8) is 0 Å². The van der Waals surface area contributed by atoms with Gasteiger partial charge in [0, 0.05) is 23.8 Å². The van der Waals surface area contributed by atoms with Crippen LogP contribution in [0.3, 0.4) is 0 Å². The average molecular weight is 388 g/mol. The summed E-state index contributed by atoms with van der Waals surface area (Å²) in [4.78, 5) is 28.7. The zero-order valence-electron chi connectivity index (χ0n) is 14.4. The maximum atomic E-state index is 12.3. The number of aryl methyl sites for hydroxylation is 1. The van der Waals surface area contributed by atoms with Crippen LogP contribution >= 0.6 is 23.1 Å². The van der Waals surface area contributed by atoms with Gasteiger partial charge >= 0.3 is 5.97 Å². The summed E-state index contributed by atoms with van der Waals surface area (Å²) < 4.78 is 6.01. The topological polar surface area (TPSA) is 106 Å². The summed E-state index contributed by atoms with van der Waals surface area (Å²) >= 11 is 3.08. The Hall–Kier alpha value is -2.50. The van der Waals surface area contributed by atoms with Gasteiger partial charge in [-0.25, -0.2) is 9.78 Å². The van der Waals surface area contributed by atoms with Gasteiger partial charge in [0.15, 0.2) is 24.0 Å². The van der Waals surface area contributed by atoms with E-state index in [2.05, 4.69) is 4.98 Å². The molecular formula is C18H18N3O3S2+. The number of thiazole rings is 1. The zero-order valence-corrected chi connectivity index (χ0v) is 16.0. The Bertz CT molecular complexity index is 871. The highest BCUT2D eigenvalue weighted by molar-refractivity contribution is 8.00. The van der Waals surface area contributed by atoms with Gasteiger partial charge in [-0.15, -0.1) is 11.3 Å². The molecule has 26 heavy (non-hydrogen) atoms. The molecule has 0 aliphatic rings. The fourth-order valence-electron chi connectivity index (χ4n) is 2.11. The highest BCUT2D eigenvalue weighted by atomic mass is 32.2. The van der Waals surface area contributed by atoms with Crippen LogP contribution in [-0.4, -0.2) is 29.1 Å². The van der Waals surface area contributed by atoms with Crippen molar-refractivity contribution < 1.29 is 19.7 Å². The smallest absolute Gasteiger partial charge is 0.338 e. The molecule has 0 fully saturated rings. The molecule has 2 rings (SSSR count). The SMILES string of the molecule is CC(=[NH2+])[C@@H](C#N)C(=O)COC(=O)c1ccccc1CSc1nc(C)cs1. The molecule has 1 aromatic carbocycles. The molecule has 0 unspecified atom stereocenters. The molecule has 0 saturated heterocycles. The van der Waals surface area contributed by atoms with Crippen LogP contribution in [0.5, 0.6) is 0 Å². The van der Waals surface area contributed by atoms with E-state index >= 15 is 0 Å². The Morgan fingerprint density at radius 1 is 1.42 bits per heavy atom. The number of thioether (sulfide) groups is 1. The van der Waals surface area contributed by atoms with Gasteiger partial charge in [-0.1, -0.05) is 30.0 Å². The molecular weight excluding hydrogens is 370 g/mol. The Balaban J connectivity index is 2.01. The molecule has 1 atom stereocenters. The van der Waals surface area contributed by atoms with Crippen molar-refractivity contribution in [2.24, 2.45) is 5.92 Å². The standard InChI is InChI=1S/C18H17N3O3S2/c1-11-9-25-18(21-11)26-10-13-5-3-4-6-14(13)17(23)24-8-16(22)15(7-19)12(2)20/h3-6,9,15,20H,8,10H2,1-2H3/p+1/t15-/m1/s1. The fraction of sp³-hybridized carbons (Fsp3) is 0.278. The van der Waals surface area contributed by atoms with E-state index in [0.29, 0.717) is 11.3 Å². The number of carbonyl (C=O) groups excluding carboxylic acids is 2. The Morgan fingerprint density at radius 2 is 2.15 bits per heavy atom. The van der Waals surface area contributed by atoms with Crippen LogP contribution in [0.1, 0.15) is 28.5 Å². The Labute approximate surface area is 159 Å². The van der Waals surface area contributed by atoms with Crippen LogP contribution < -0.4 is 5.41 Å². The predicted molar refractivity (Wildman–Crippen MR) is 99.9 cm³/mol. The second-order valence-electron chi connectivity index (χ2n) is 5.55. The largest absolute Gasteiger partial charge is 0.454 e. The highest BCUT2D eigenvalue weighted by Crippen LogP contribution is 2.27. The van der Waals surface area contributed by atoms with Crippen molar-refractivity contribution in [3.05, 3.63) is 46.5 Å². The summed E-state index contributed by atoms with van der Waals surface area (Å²) in [5, 5.41) is 16.4. The molecule has 0 bridgehead atoms. The molecule has 0 aliphatic carbocycles. The van der Waals surface area contributed by atoms with Gasteiger partial charge in [0.25, 0.3) is 0 Å². The second kappa shape index (κ2) is 9.27. The number of rotatable bonds is 8. The molecule has 0 radical (unpaired) electrons. The first-order chi connectivity index (χ1) is 12.4. The number of ether oxygens (including phenoxy) is 1. The summed E-state index contributed by atoms with van der Waals surface area (Å²) in [6.07, 6.45) is 0. The first kappa shape index (κ1) is 19.8. The lowest BCUT2D eigenvalue weighted by atomic mass is 10.0. The molecule has 0 saturated carbocycles. The van der Waals surface area contributed by atoms with E-state index in [-0.39, 0.29) is 5.71 Å². The van der Waals surface area contributed by atoms with Crippen molar-refractivity contribution in [3.8, 4) is 6.07 Å². The number of hydrogen-bond donors (Lipinski definition) is 1. The van der Waals surface area contributed by atoms with E-state index in [9.17, 15) is 9.59 Å². The van der Waals surface area contributed by atoms with Gasteiger partial charge in [0.2, 0.25) is 0 Å². The number of nitriles is 1. The number of esters is 1. The van der Waals surface area contributed by atoms with Crippen molar-refractivity contribution in [2.75, 3.05) is 6.61 Å². The number of carbonyl (C=O) groups is 2. The lowest BCUT2D eigenvalue weighted by molar-refractivity contribution is -0.131. The number of Topliss-reactive ketones (excluding diaryl/α,β-unsaturated/α-hetero) is 1. The maximum absolute atomic E-state index is 12.3. The van der Waals surface area contributed by atoms with Gasteiger partial charge in [0.05, 0.1) is 11.6 Å². The molecule has 0 spiro atoms. The van der Waals surface area contributed by atoms with Gasteiger partial charge in [-0.05, 0) is 18.6 Å². The summed E-state index contributed by atoms with van der Waals surface area (Å²) in [5.74, 6) is -1.65. The van der Waals surface area contributed by atoms with Gasteiger partial charge in [-0.3, -0.25) is 10.2 Å². The molecule has 8 heteroatoms. The minimum absolute atomic E-state index is 0.184. The third kappa shape index (κ3) is 5.25. The first-order valence-electron chi connectivity index (χ1n) is 7.73. The monoisotopic (exact) mass is 388 g/mol. The fourth-order valence-corrected chi connectivity index (χ4v) is 3.96. The molecule has 0 aliphatic heterocycles. The number of hydrogen-bond acceptors (Lipinski definition) is 7. The molecule has 6 nitrogen and oxygen atoms in total. The minimum Gasteiger partial charge on any atom is -0.454 e. The van der Waals surface area contributed by atoms with Crippen molar-refractivity contribution in [2.45, 2.75) is 23.9 Å². The molecule has 134 valence electrons. The first-order valence-corrected chi connectivity index (χ1v) is 9.60. The van der Waals surface area contributed by atoms with Crippen molar-refractivity contribution >= 4 is 40.6 Å². The van der Waals surface area contributed by atoms with Crippen LogP contribution in [0, 0.1) is 24.2 Å². The summed E-state index contributed by atoms with van der Waals surface area (Å²) in [6.45, 7) is 2.93. The van der Waals surface area contributed by atoms with Crippen LogP contribution in [0.15, 0.2) is 34.0 Å². The van der Waals surface area contributed by atoms with Crippen LogP contribution in [-0.2, 0) is 15.3 Å². The number of aromatic nitrogens is 1. The van der Waals surface area contributed by atoms with E-state index in [1.165, 1.54) is 18.7 Å².